The molecule has 1 aromatic carbocycles. The molecule has 2 aromatic rings. The number of hydrogen-bond donors (Lipinski definition) is 2. The SMILES string of the molecule is O=[N+]([O-])c1ccc2nc(NC(=S)NCCCN3CCOCC3)sc2c1. The Labute approximate surface area is 154 Å². The summed E-state index contributed by atoms with van der Waals surface area (Å²) < 4.78 is 6.08. The molecule has 1 saturated heterocycles. The fourth-order valence-electron chi connectivity index (χ4n) is 2.55. The summed E-state index contributed by atoms with van der Waals surface area (Å²) in [4.78, 5) is 17.2. The van der Waals surface area contributed by atoms with Crippen molar-refractivity contribution in [1.29, 1.82) is 0 Å². The van der Waals surface area contributed by atoms with Gasteiger partial charge in [0.1, 0.15) is 0 Å². The molecule has 134 valence electrons. The molecule has 0 saturated carbocycles. The van der Waals surface area contributed by atoms with E-state index < -0.39 is 4.92 Å². The number of ether oxygens (including phenoxy) is 1. The maximum Gasteiger partial charge on any atom is 0.270 e. The van der Waals surface area contributed by atoms with E-state index in [2.05, 4.69) is 20.5 Å². The van der Waals surface area contributed by atoms with E-state index in [0.717, 1.165) is 50.5 Å². The Morgan fingerprint density at radius 1 is 1.44 bits per heavy atom. The van der Waals surface area contributed by atoms with E-state index in [0.29, 0.717) is 15.8 Å². The Hall–Kier alpha value is -1.88. The molecule has 25 heavy (non-hydrogen) atoms. The molecule has 0 amide bonds. The van der Waals surface area contributed by atoms with Crippen LogP contribution in [0.25, 0.3) is 10.2 Å². The van der Waals surface area contributed by atoms with Gasteiger partial charge in [0.15, 0.2) is 10.2 Å². The number of benzene rings is 1. The summed E-state index contributed by atoms with van der Waals surface area (Å²) in [6.07, 6.45) is 0.994. The summed E-state index contributed by atoms with van der Waals surface area (Å²) in [6, 6.07) is 4.62. The number of rotatable bonds is 6. The van der Waals surface area contributed by atoms with E-state index in [1.807, 2.05) is 0 Å². The zero-order valence-electron chi connectivity index (χ0n) is 13.6. The van der Waals surface area contributed by atoms with Gasteiger partial charge in [-0.05, 0) is 31.2 Å². The van der Waals surface area contributed by atoms with E-state index in [-0.39, 0.29) is 5.69 Å². The Morgan fingerprint density at radius 3 is 3.00 bits per heavy atom. The Morgan fingerprint density at radius 2 is 2.24 bits per heavy atom. The Balaban J connectivity index is 1.45. The molecule has 1 aliphatic rings. The molecule has 0 spiro atoms. The summed E-state index contributed by atoms with van der Waals surface area (Å²) in [6.45, 7) is 5.39. The summed E-state index contributed by atoms with van der Waals surface area (Å²) in [5.74, 6) is 0. The number of non-ortho nitro benzene ring substituents is 1. The number of nitrogens with one attached hydrogen (secondary N) is 2. The van der Waals surface area contributed by atoms with E-state index in [9.17, 15) is 10.1 Å². The van der Waals surface area contributed by atoms with Crippen molar-refractivity contribution in [2.24, 2.45) is 0 Å². The maximum atomic E-state index is 10.8. The Bertz CT molecular complexity index is 761. The molecule has 0 unspecified atom stereocenters. The van der Waals surface area contributed by atoms with E-state index in [4.69, 9.17) is 17.0 Å². The average Bonchev–Trinajstić information content (AvgIpc) is 3.00. The summed E-state index contributed by atoms with van der Waals surface area (Å²) in [5, 5.41) is 18.2. The maximum absolute atomic E-state index is 10.8. The summed E-state index contributed by atoms with van der Waals surface area (Å²) in [5.41, 5.74) is 0.778. The molecule has 2 heterocycles. The molecule has 0 bridgehead atoms. The van der Waals surface area contributed by atoms with Crippen molar-refractivity contribution in [1.82, 2.24) is 15.2 Å². The molecule has 3 rings (SSSR count). The molecule has 1 aliphatic heterocycles. The minimum Gasteiger partial charge on any atom is -0.379 e. The molecule has 0 radical (unpaired) electrons. The monoisotopic (exact) mass is 381 g/mol. The van der Waals surface area contributed by atoms with Crippen molar-refractivity contribution in [2.45, 2.75) is 6.42 Å². The molecular formula is C15H19N5O3S2. The first-order chi connectivity index (χ1) is 12.1. The van der Waals surface area contributed by atoms with Crippen LogP contribution >= 0.6 is 23.6 Å². The largest absolute Gasteiger partial charge is 0.379 e. The van der Waals surface area contributed by atoms with Crippen LogP contribution in [0.15, 0.2) is 18.2 Å². The van der Waals surface area contributed by atoms with Crippen LogP contribution in [0.5, 0.6) is 0 Å². The fraction of sp³-hybridized carbons (Fsp3) is 0.467. The summed E-state index contributed by atoms with van der Waals surface area (Å²) in [7, 11) is 0. The number of thiazole rings is 1. The normalized spacial score (nSPS) is 15.2. The number of anilines is 1. The Kier molecular flexibility index (Phi) is 6.08. The second-order valence-electron chi connectivity index (χ2n) is 5.62. The number of fused-ring (bicyclic) bond motifs is 1. The summed E-state index contributed by atoms with van der Waals surface area (Å²) >= 11 is 6.62. The molecule has 10 heteroatoms. The average molecular weight is 381 g/mol. The van der Waals surface area contributed by atoms with Gasteiger partial charge in [-0.15, -0.1) is 0 Å². The van der Waals surface area contributed by atoms with Gasteiger partial charge in [-0.2, -0.15) is 0 Å². The lowest BCUT2D eigenvalue weighted by Gasteiger charge is -2.26. The van der Waals surface area contributed by atoms with Crippen molar-refractivity contribution in [3.63, 3.8) is 0 Å². The highest BCUT2D eigenvalue weighted by atomic mass is 32.1. The van der Waals surface area contributed by atoms with Crippen LogP contribution in [-0.4, -0.2) is 59.3 Å². The van der Waals surface area contributed by atoms with Crippen molar-refractivity contribution >= 4 is 49.7 Å². The van der Waals surface area contributed by atoms with Crippen LogP contribution < -0.4 is 10.6 Å². The van der Waals surface area contributed by atoms with Crippen molar-refractivity contribution in [2.75, 3.05) is 44.7 Å². The quantitative estimate of drug-likeness (QED) is 0.341. The van der Waals surface area contributed by atoms with Crippen LogP contribution in [0.1, 0.15) is 6.42 Å². The van der Waals surface area contributed by atoms with Gasteiger partial charge in [-0.25, -0.2) is 4.98 Å². The second-order valence-corrected chi connectivity index (χ2v) is 7.06. The zero-order chi connectivity index (χ0) is 17.6. The van der Waals surface area contributed by atoms with Crippen molar-refractivity contribution in [3.05, 3.63) is 28.3 Å². The highest BCUT2D eigenvalue weighted by molar-refractivity contribution is 7.80. The number of morpholine rings is 1. The molecule has 1 fully saturated rings. The number of aromatic nitrogens is 1. The van der Waals surface area contributed by atoms with E-state index in [1.165, 1.54) is 23.5 Å². The lowest BCUT2D eigenvalue weighted by atomic mass is 10.3. The minimum atomic E-state index is -0.410. The number of nitrogens with zero attached hydrogens (tertiary/aromatic N) is 3. The lowest BCUT2D eigenvalue weighted by Crippen LogP contribution is -2.38. The fourth-order valence-corrected chi connectivity index (χ4v) is 3.72. The molecule has 2 N–H and O–H groups in total. The lowest BCUT2D eigenvalue weighted by molar-refractivity contribution is -0.384. The molecule has 0 aliphatic carbocycles. The van der Waals surface area contributed by atoms with Gasteiger partial charge in [0.25, 0.3) is 5.69 Å². The topological polar surface area (TPSA) is 92.6 Å². The minimum absolute atomic E-state index is 0.0616. The number of nitro benzene ring substituents is 1. The second kappa shape index (κ2) is 8.48. The van der Waals surface area contributed by atoms with E-state index >= 15 is 0 Å². The first kappa shape index (κ1) is 17.9. The van der Waals surface area contributed by atoms with Gasteiger partial charge >= 0.3 is 0 Å². The predicted octanol–water partition coefficient (Wildman–Crippen LogP) is 2.21. The van der Waals surface area contributed by atoms with Gasteiger partial charge in [0.05, 0.1) is 28.4 Å². The number of nitro groups is 1. The van der Waals surface area contributed by atoms with E-state index in [1.54, 1.807) is 6.07 Å². The highest BCUT2D eigenvalue weighted by Gasteiger charge is 2.11. The highest BCUT2D eigenvalue weighted by Crippen LogP contribution is 2.28. The smallest absolute Gasteiger partial charge is 0.270 e. The molecule has 1 aromatic heterocycles. The van der Waals surface area contributed by atoms with Crippen LogP contribution in [-0.2, 0) is 4.74 Å². The van der Waals surface area contributed by atoms with Crippen LogP contribution in [0.4, 0.5) is 10.8 Å². The standard InChI is InChI=1S/C15H19N5O3S2/c21-20(22)11-2-3-12-13(10-11)25-15(17-12)18-14(24)16-4-1-5-19-6-8-23-9-7-19/h2-3,10H,1,4-9H2,(H2,16,17,18,24). The van der Waals surface area contributed by atoms with Crippen LogP contribution in [0.2, 0.25) is 0 Å². The van der Waals surface area contributed by atoms with Gasteiger partial charge in [-0.1, -0.05) is 11.3 Å². The van der Waals surface area contributed by atoms with Gasteiger partial charge in [0, 0.05) is 31.8 Å². The van der Waals surface area contributed by atoms with Gasteiger partial charge in [-0.3, -0.25) is 15.0 Å². The third-order valence-corrected chi connectivity index (χ3v) is 5.02. The number of thiocarbonyl (C=S) groups is 1. The molecule has 8 nitrogen and oxygen atoms in total. The first-order valence-corrected chi connectivity index (χ1v) is 9.24. The molecule has 0 atom stereocenters. The first-order valence-electron chi connectivity index (χ1n) is 8.02. The van der Waals surface area contributed by atoms with Gasteiger partial charge in [0.2, 0.25) is 0 Å². The third kappa shape index (κ3) is 5.05. The predicted molar refractivity (Wildman–Crippen MR) is 102 cm³/mol. The molecular weight excluding hydrogens is 362 g/mol. The van der Waals surface area contributed by atoms with Gasteiger partial charge < -0.3 is 15.4 Å². The van der Waals surface area contributed by atoms with Crippen molar-refractivity contribution < 1.29 is 9.66 Å². The van der Waals surface area contributed by atoms with Crippen LogP contribution in [0, 0.1) is 10.1 Å². The van der Waals surface area contributed by atoms with Crippen LogP contribution in [0.3, 0.4) is 0 Å². The van der Waals surface area contributed by atoms with Crippen molar-refractivity contribution in [3.8, 4) is 0 Å². The number of hydrogen-bond acceptors (Lipinski definition) is 7. The third-order valence-electron chi connectivity index (χ3n) is 3.84. The zero-order valence-corrected chi connectivity index (χ0v) is 15.2.